The van der Waals surface area contributed by atoms with Crippen LogP contribution in [-0.4, -0.2) is 12.5 Å². The molecule has 1 amide bonds. The van der Waals surface area contributed by atoms with Gasteiger partial charge in [-0.25, -0.2) is 5.48 Å². The molecule has 3 nitrogen and oxygen atoms in total. The van der Waals surface area contributed by atoms with Crippen molar-refractivity contribution in [2.45, 2.75) is 39.0 Å². The van der Waals surface area contributed by atoms with Gasteiger partial charge in [0.2, 0.25) is 5.91 Å². The summed E-state index contributed by atoms with van der Waals surface area (Å²) in [5.74, 6) is 2.44. The second-order valence-electron chi connectivity index (χ2n) is 4.60. The number of carbonyl (C=O) groups excluding carboxylic acids is 1. The summed E-state index contributed by atoms with van der Waals surface area (Å²) in [6.07, 6.45) is 6.05. The van der Waals surface area contributed by atoms with Crippen molar-refractivity contribution in [3.8, 4) is 0 Å². The minimum Gasteiger partial charge on any atom is -0.274 e. The highest BCUT2D eigenvalue weighted by molar-refractivity contribution is 5.75. The Morgan fingerprint density at radius 3 is 2.86 bits per heavy atom. The number of amides is 1. The summed E-state index contributed by atoms with van der Waals surface area (Å²) in [6, 6.07) is 0. The lowest BCUT2D eigenvalue weighted by Gasteiger charge is -2.20. The normalized spacial score (nSPS) is 34.8. The van der Waals surface area contributed by atoms with Crippen LogP contribution in [0, 0.1) is 17.8 Å². The Balaban J connectivity index is 1.73. The lowest BCUT2D eigenvalue weighted by atomic mass is 9.86. The molecule has 0 unspecified atom stereocenters. The zero-order chi connectivity index (χ0) is 9.97. The molecule has 0 aromatic carbocycles. The Morgan fingerprint density at radius 1 is 1.43 bits per heavy atom. The zero-order valence-corrected chi connectivity index (χ0v) is 8.79. The highest BCUT2D eigenvalue weighted by atomic mass is 16.6. The van der Waals surface area contributed by atoms with Gasteiger partial charge in [0.25, 0.3) is 0 Å². The highest BCUT2D eigenvalue weighted by Crippen LogP contribution is 2.49. The molecule has 3 atom stereocenters. The molecule has 3 heteroatoms. The Bertz CT molecular complexity index is 217. The van der Waals surface area contributed by atoms with Crippen LogP contribution in [-0.2, 0) is 9.63 Å². The fourth-order valence-corrected chi connectivity index (χ4v) is 3.06. The van der Waals surface area contributed by atoms with Gasteiger partial charge in [0, 0.05) is 6.42 Å². The van der Waals surface area contributed by atoms with Crippen molar-refractivity contribution in [2.75, 3.05) is 6.61 Å². The topological polar surface area (TPSA) is 38.3 Å². The molecule has 0 aliphatic heterocycles. The van der Waals surface area contributed by atoms with E-state index in [1.54, 1.807) is 0 Å². The van der Waals surface area contributed by atoms with Gasteiger partial charge in [-0.15, -0.1) is 0 Å². The summed E-state index contributed by atoms with van der Waals surface area (Å²) in [7, 11) is 0. The summed E-state index contributed by atoms with van der Waals surface area (Å²) >= 11 is 0. The number of nitrogens with one attached hydrogen (secondary N) is 1. The number of hydrogen-bond acceptors (Lipinski definition) is 2. The summed E-state index contributed by atoms with van der Waals surface area (Å²) in [5.41, 5.74) is 2.48. The smallest absolute Gasteiger partial charge is 0.243 e. The molecule has 2 rings (SSSR count). The van der Waals surface area contributed by atoms with Gasteiger partial charge in [0.05, 0.1) is 6.61 Å². The van der Waals surface area contributed by atoms with Gasteiger partial charge in [0.15, 0.2) is 0 Å². The van der Waals surface area contributed by atoms with Crippen LogP contribution in [0.4, 0.5) is 0 Å². The van der Waals surface area contributed by atoms with Crippen LogP contribution in [0.5, 0.6) is 0 Å². The molecule has 2 saturated carbocycles. The minimum atomic E-state index is 0.0596. The maximum absolute atomic E-state index is 11.4. The van der Waals surface area contributed by atoms with E-state index < -0.39 is 0 Å². The maximum atomic E-state index is 11.4. The standard InChI is InChI=1S/C11H19NO2/c1-2-14-12-11(13)7-10-6-8-3-4-9(10)5-8/h8-10H,2-7H2,1H3,(H,12,13)/t8-,9+,10-/m0/s1. The zero-order valence-electron chi connectivity index (χ0n) is 8.79. The first kappa shape index (κ1) is 9.97. The monoisotopic (exact) mass is 197 g/mol. The molecule has 2 aliphatic rings. The van der Waals surface area contributed by atoms with Crippen molar-refractivity contribution in [3.05, 3.63) is 0 Å². The van der Waals surface area contributed by atoms with Gasteiger partial charge in [-0.05, 0) is 43.9 Å². The Kier molecular flexibility index (Phi) is 3.06. The molecular formula is C11H19NO2. The van der Waals surface area contributed by atoms with Crippen molar-refractivity contribution in [2.24, 2.45) is 17.8 Å². The molecule has 0 spiro atoms. The second-order valence-corrected chi connectivity index (χ2v) is 4.60. The molecule has 0 saturated heterocycles. The predicted molar refractivity (Wildman–Crippen MR) is 53.3 cm³/mol. The summed E-state index contributed by atoms with van der Waals surface area (Å²) < 4.78 is 0. The average Bonchev–Trinajstić information content (AvgIpc) is 2.76. The molecule has 2 bridgehead atoms. The molecule has 0 aromatic heterocycles. The van der Waals surface area contributed by atoms with Gasteiger partial charge < -0.3 is 0 Å². The molecule has 14 heavy (non-hydrogen) atoms. The van der Waals surface area contributed by atoms with Crippen molar-refractivity contribution in [3.63, 3.8) is 0 Å². The van der Waals surface area contributed by atoms with E-state index in [-0.39, 0.29) is 5.91 Å². The summed E-state index contributed by atoms with van der Waals surface area (Å²) in [5, 5.41) is 0. The van der Waals surface area contributed by atoms with Crippen LogP contribution in [0.15, 0.2) is 0 Å². The van der Waals surface area contributed by atoms with Crippen LogP contribution in [0.3, 0.4) is 0 Å². The maximum Gasteiger partial charge on any atom is 0.243 e. The van der Waals surface area contributed by atoms with Crippen LogP contribution in [0.2, 0.25) is 0 Å². The number of fused-ring (bicyclic) bond motifs is 2. The number of rotatable bonds is 4. The minimum absolute atomic E-state index is 0.0596. The van der Waals surface area contributed by atoms with Crippen molar-refractivity contribution in [1.82, 2.24) is 5.48 Å². The Morgan fingerprint density at radius 2 is 2.29 bits per heavy atom. The van der Waals surface area contributed by atoms with Crippen molar-refractivity contribution >= 4 is 5.91 Å². The van der Waals surface area contributed by atoms with Crippen LogP contribution in [0.25, 0.3) is 0 Å². The van der Waals surface area contributed by atoms with E-state index in [9.17, 15) is 4.79 Å². The van der Waals surface area contributed by atoms with E-state index in [1.165, 1.54) is 25.7 Å². The average molecular weight is 197 g/mol. The van der Waals surface area contributed by atoms with E-state index in [4.69, 9.17) is 4.84 Å². The number of hydrogen-bond donors (Lipinski definition) is 1. The first-order chi connectivity index (χ1) is 6.79. The number of carbonyl (C=O) groups is 1. The quantitative estimate of drug-likeness (QED) is 0.699. The largest absolute Gasteiger partial charge is 0.274 e. The molecule has 1 N–H and O–H groups in total. The van der Waals surface area contributed by atoms with Crippen molar-refractivity contribution < 1.29 is 9.63 Å². The molecule has 2 aliphatic carbocycles. The summed E-state index contributed by atoms with van der Waals surface area (Å²) in [6.45, 7) is 2.42. The van der Waals surface area contributed by atoms with E-state index in [0.29, 0.717) is 18.9 Å². The predicted octanol–water partition coefficient (Wildman–Crippen LogP) is 1.88. The van der Waals surface area contributed by atoms with Gasteiger partial charge in [-0.1, -0.05) is 6.42 Å². The SMILES string of the molecule is CCONC(=O)C[C@@H]1C[C@H]2CC[C@@H]1C2. The lowest BCUT2D eigenvalue weighted by molar-refractivity contribution is -0.134. The van der Waals surface area contributed by atoms with E-state index in [0.717, 1.165) is 11.8 Å². The van der Waals surface area contributed by atoms with Gasteiger partial charge in [-0.3, -0.25) is 9.63 Å². The Labute approximate surface area is 85.2 Å². The van der Waals surface area contributed by atoms with Gasteiger partial charge in [-0.2, -0.15) is 0 Å². The third-order valence-corrected chi connectivity index (χ3v) is 3.66. The highest BCUT2D eigenvalue weighted by Gasteiger charge is 2.40. The lowest BCUT2D eigenvalue weighted by Crippen LogP contribution is -2.27. The molecule has 80 valence electrons. The molecule has 0 heterocycles. The first-order valence-corrected chi connectivity index (χ1v) is 5.70. The third-order valence-electron chi connectivity index (χ3n) is 3.66. The second kappa shape index (κ2) is 4.30. The van der Waals surface area contributed by atoms with Gasteiger partial charge in [0.1, 0.15) is 0 Å². The summed E-state index contributed by atoms with van der Waals surface area (Å²) in [4.78, 5) is 16.3. The Hall–Kier alpha value is -0.570. The molecule has 2 fully saturated rings. The van der Waals surface area contributed by atoms with E-state index >= 15 is 0 Å². The van der Waals surface area contributed by atoms with Crippen LogP contribution < -0.4 is 5.48 Å². The van der Waals surface area contributed by atoms with Crippen LogP contribution >= 0.6 is 0 Å². The van der Waals surface area contributed by atoms with Crippen LogP contribution in [0.1, 0.15) is 39.0 Å². The first-order valence-electron chi connectivity index (χ1n) is 5.70. The fraction of sp³-hybridized carbons (Fsp3) is 0.909. The van der Waals surface area contributed by atoms with Gasteiger partial charge >= 0.3 is 0 Å². The third kappa shape index (κ3) is 2.08. The molecule has 0 aromatic rings. The molecule has 0 radical (unpaired) electrons. The van der Waals surface area contributed by atoms with E-state index in [1.807, 2.05) is 6.92 Å². The molecular weight excluding hydrogens is 178 g/mol. The number of hydroxylamine groups is 1. The fourth-order valence-electron chi connectivity index (χ4n) is 3.06. The van der Waals surface area contributed by atoms with E-state index in [2.05, 4.69) is 5.48 Å². The van der Waals surface area contributed by atoms with Crippen molar-refractivity contribution in [1.29, 1.82) is 0 Å².